The Morgan fingerprint density at radius 3 is 2.90 bits per heavy atom. The summed E-state index contributed by atoms with van der Waals surface area (Å²) in [4.78, 5) is 13.6. The van der Waals surface area contributed by atoms with Crippen LogP contribution in [0.5, 0.6) is 0 Å². The van der Waals surface area contributed by atoms with Crippen LogP contribution in [-0.4, -0.2) is 23.0 Å². The number of halogens is 1. The molecular weight excluding hydrogens is 334 g/mol. The highest BCUT2D eigenvalue weighted by Gasteiger charge is 2.30. The van der Waals surface area contributed by atoms with Crippen molar-refractivity contribution in [2.24, 2.45) is 11.8 Å². The molecule has 4 heteroatoms. The molecule has 20 heavy (non-hydrogen) atoms. The summed E-state index contributed by atoms with van der Waals surface area (Å²) >= 11 is 5.30. The fraction of sp³-hybridized carbons (Fsp3) is 0.562. The van der Waals surface area contributed by atoms with Crippen LogP contribution in [0.15, 0.2) is 29.2 Å². The van der Waals surface area contributed by atoms with Gasteiger partial charge in [0.05, 0.1) is 5.25 Å². The molecule has 0 bridgehead atoms. The van der Waals surface area contributed by atoms with E-state index in [9.17, 15) is 4.79 Å². The number of alkyl halides is 1. The Balaban J connectivity index is 1.51. The van der Waals surface area contributed by atoms with Crippen molar-refractivity contribution < 1.29 is 4.79 Å². The van der Waals surface area contributed by atoms with E-state index in [2.05, 4.69) is 39.4 Å². The van der Waals surface area contributed by atoms with Crippen LogP contribution in [0, 0.1) is 11.8 Å². The van der Waals surface area contributed by atoms with E-state index in [1.807, 2.05) is 6.07 Å². The minimum Gasteiger partial charge on any atom is -0.355 e. The molecule has 1 heterocycles. The summed E-state index contributed by atoms with van der Waals surface area (Å²) in [7, 11) is 0. The Morgan fingerprint density at radius 1 is 1.30 bits per heavy atom. The Bertz CT molecular complexity index is 468. The minimum atomic E-state index is 0.0659. The van der Waals surface area contributed by atoms with Crippen LogP contribution in [0.3, 0.4) is 0 Å². The molecule has 3 unspecified atom stereocenters. The summed E-state index contributed by atoms with van der Waals surface area (Å²) in [6.45, 7) is 0.850. The first-order valence-corrected chi connectivity index (χ1v) is 9.36. The van der Waals surface area contributed by atoms with Gasteiger partial charge < -0.3 is 5.32 Å². The molecule has 1 N–H and O–H groups in total. The van der Waals surface area contributed by atoms with Gasteiger partial charge in [-0.25, -0.2) is 0 Å². The molecule has 108 valence electrons. The van der Waals surface area contributed by atoms with Gasteiger partial charge in [-0.15, -0.1) is 11.8 Å². The molecule has 1 aliphatic heterocycles. The van der Waals surface area contributed by atoms with E-state index in [1.165, 1.54) is 29.7 Å². The fourth-order valence-electron chi connectivity index (χ4n) is 3.26. The third-order valence-electron chi connectivity index (χ3n) is 4.49. The van der Waals surface area contributed by atoms with Crippen LogP contribution in [-0.2, 0) is 11.2 Å². The molecular formula is C16H20BrNOS. The van der Waals surface area contributed by atoms with Crippen LogP contribution >= 0.6 is 27.7 Å². The summed E-state index contributed by atoms with van der Waals surface area (Å²) in [6, 6.07) is 8.35. The summed E-state index contributed by atoms with van der Waals surface area (Å²) in [5.41, 5.74) is 1.32. The van der Waals surface area contributed by atoms with Crippen molar-refractivity contribution in [1.82, 2.24) is 5.32 Å². The van der Waals surface area contributed by atoms with E-state index in [0.29, 0.717) is 5.92 Å². The minimum absolute atomic E-state index is 0.0659. The molecule has 0 radical (unpaired) electrons. The fourth-order valence-corrected chi connectivity index (χ4v) is 5.33. The molecule has 1 amide bonds. The first kappa shape index (κ1) is 14.5. The predicted octanol–water partition coefficient (Wildman–Crippen LogP) is 3.63. The van der Waals surface area contributed by atoms with E-state index in [1.54, 1.807) is 11.8 Å². The quantitative estimate of drug-likeness (QED) is 0.837. The normalized spacial score (nSPS) is 28.4. The molecule has 0 spiro atoms. The second kappa shape index (κ2) is 6.52. The number of rotatable bonds is 4. The van der Waals surface area contributed by atoms with Crippen LogP contribution in [0.2, 0.25) is 0 Å². The Morgan fingerprint density at radius 2 is 2.10 bits per heavy atom. The second-order valence-corrected chi connectivity index (χ2v) is 7.66. The lowest BCUT2D eigenvalue weighted by atomic mass is 9.98. The summed E-state index contributed by atoms with van der Waals surface area (Å²) in [5.74, 6) is 1.61. The van der Waals surface area contributed by atoms with Crippen molar-refractivity contribution in [3.63, 3.8) is 0 Å². The average Bonchev–Trinajstić information content (AvgIpc) is 3.10. The van der Waals surface area contributed by atoms with E-state index < -0.39 is 0 Å². The van der Waals surface area contributed by atoms with E-state index in [4.69, 9.17) is 0 Å². The maximum Gasteiger partial charge on any atom is 0.233 e. The topological polar surface area (TPSA) is 29.1 Å². The Hall–Kier alpha value is -0.480. The second-order valence-electron chi connectivity index (χ2n) is 5.77. The first-order chi connectivity index (χ1) is 9.78. The maximum absolute atomic E-state index is 12.3. The number of carbonyl (C=O) groups excluding carboxylic acids is 1. The molecule has 1 aromatic rings. The van der Waals surface area contributed by atoms with Crippen LogP contribution in [0.25, 0.3) is 0 Å². The first-order valence-electron chi connectivity index (χ1n) is 7.36. The lowest BCUT2D eigenvalue weighted by Gasteiger charge is -2.19. The van der Waals surface area contributed by atoms with E-state index in [0.717, 1.165) is 24.2 Å². The van der Waals surface area contributed by atoms with Gasteiger partial charge in [-0.3, -0.25) is 4.79 Å². The third kappa shape index (κ3) is 3.06. The number of nitrogens with one attached hydrogen (secondary N) is 1. The molecule has 3 rings (SSSR count). The van der Waals surface area contributed by atoms with Gasteiger partial charge in [0.15, 0.2) is 0 Å². The smallest absolute Gasteiger partial charge is 0.233 e. The number of carbonyl (C=O) groups is 1. The zero-order valence-electron chi connectivity index (χ0n) is 11.5. The molecule has 0 aromatic heterocycles. The summed E-state index contributed by atoms with van der Waals surface area (Å²) in [6.07, 6.45) is 4.74. The van der Waals surface area contributed by atoms with Crippen molar-refractivity contribution in [3.8, 4) is 0 Å². The molecule has 2 nitrogen and oxygen atoms in total. The van der Waals surface area contributed by atoms with Crippen LogP contribution < -0.4 is 5.32 Å². The van der Waals surface area contributed by atoms with Crippen LogP contribution in [0.1, 0.15) is 24.8 Å². The number of hydrogen-bond donors (Lipinski definition) is 1. The Labute approximate surface area is 133 Å². The van der Waals surface area contributed by atoms with E-state index in [-0.39, 0.29) is 11.2 Å². The number of hydrogen-bond acceptors (Lipinski definition) is 2. The van der Waals surface area contributed by atoms with Gasteiger partial charge in [0.2, 0.25) is 5.91 Å². The zero-order chi connectivity index (χ0) is 13.9. The molecule has 3 atom stereocenters. The maximum atomic E-state index is 12.3. The molecule has 2 aliphatic rings. The summed E-state index contributed by atoms with van der Waals surface area (Å²) in [5, 5.41) is 4.32. The number of amides is 1. The summed E-state index contributed by atoms with van der Waals surface area (Å²) < 4.78 is 0. The largest absolute Gasteiger partial charge is 0.355 e. The lowest BCUT2D eigenvalue weighted by molar-refractivity contribution is -0.120. The van der Waals surface area contributed by atoms with E-state index >= 15 is 0 Å². The van der Waals surface area contributed by atoms with Gasteiger partial charge in [-0.1, -0.05) is 40.5 Å². The Kier molecular flexibility index (Phi) is 4.72. The van der Waals surface area contributed by atoms with Crippen LogP contribution in [0.4, 0.5) is 0 Å². The van der Waals surface area contributed by atoms with Crippen molar-refractivity contribution >= 4 is 33.6 Å². The molecule has 1 fully saturated rings. The van der Waals surface area contributed by atoms with Gasteiger partial charge >= 0.3 is 0 Å². The van der Waals surface area contributed by atoms with Crippen molar-refractivity contribution in [1.29, 1.82) is 0 Å². The highest BCUT2D eigenvalue weighted by atomic mass is 79.9. The average molecular weight is 354 g/mol. The molecule has 1 aliphatic carbocycles. The highest BCUT2D eigenvalue weighted by Crippen LogP contribution is 2.37. The SMILES string of the molecule is O=C(NCC1CCCC1CBr)C1Cc2ccccc2S1. The van der Waals surface area contributed by atoms with Gasteiger partial charge in [-0.2, -0.15) is 0 Å². The van der Waals surface area contributed by atoms with Gasteiger partial charge in [0.1, 0.15) is 0 Å². The highest BCUT2D eigenvalue weighted by molar-refractivity contribution is 9.09. The standard InChI is InChI=1S/C16H20BrNOS/c17-9-12-5-3-6-13(12)10-18-16(19)15-8-11-4-1-2-7-14(11)20-15/h1-2,4,7,12-13,15H,3,5-6,8-10H2,(H,18,19). The van der Waals surface area contributed by atoms with Gasteiger partial charge in [0.25, 0.3) is 0 Å². The monoisotopic (exact) mass is 353 g/mol. The number of fused-ring (bicyclic) bond motifs is 1. The molecule has 1 saturated carbocycles. The number of thioether (sulfide) groups is 1. The van der Waals surface area contributed by atoms with Gasteiger partial charge in [0, 0.05) is 16.8 Å². The number of benzene rings is 1. The van der Waals surface area contributed by atoms with Crippen molar-refractivity contribution in [3.05, 3.63) is 29.8 Å². The third-order valence-corrected chi connectivity index (χ3v) is 6.64. The predicted molar refractivity (Wildman–Crippen MR) is 87.4 cm³/mol. The molecule has 0 saturated heterocycles. The van der Waals surface area contributed by atoms with Crippen molar-refractivity contribution in [2.45, 2.75) is 35.8 Å². The molecule has 1 aromatic carbocycles. The zero-order valence-corrected chi connectivity index (χ0v) is 13.9. The van der Waals surface area contributed by atoms with Gasteiger partial charge in [-0.05, 0) is 42.7 Å². The lowest BCUT2D eigenvalue weighted by Crippen LogP contribution is -2.36. The van der Waals surface area contributed by atoms with Crippen molar-refractivity contribution in [2.75, 3.05) is 11.9 Å².